The Bertz CT molecular complexity index is 371. The highest BCUT2D eigenvalue weighted by atomic mass is 35.5. The quantitative estimate of drug-likeness (QED) is 0.812. The topological polar surface area (TPSA) is 40.5 Å². The molecule has 1 aromatic rings. The van der Waals surface area contributed by atoms with Crippen molar-refractivity contribution in [2.75, 3.05) is 19.7 Å². The number of amides is 1. The molecule has 0 atom stereocenters. The number of aliphatic hydroxyl groups excluding tert-OH is 1. The van der Waals surface area contributed by atoms with Gasteiger partial charge >= 0.3 is 0 Å². The molecule has 1 aliphatic rings. The summed E-state index contributed by atoms with van der Waals surface area (Å²) in [6.07, 6.45) is 0. The van der Waals surface area contributed by atoms with Crippen LogP contribution in [0.2, 0.25) is 0 Å². The number of carbonyl (C=O) groups is 1. The van der Waals surface area contributed by atoms with Crippen LogP contribution in [0.1, 0.15) is 15.9 Å². The van der Waals surface area contributed by atoms with Crippen LogP contribution in [0.4, 0.5) is 0 Å². The molecule has 0 spiro atoms. The van der Waals surface area contributed by atoms with Gasteiger partial charge in [0.05, 0.1) is 0 Å². The Morgan fingerprint density at radius 2 is 2.00 bits per heavy atom. The van der Waals surface area contributed by atoms with Gasteiger partial charge in [-0.2, -0.15) is 0 Å². The number of rotatable bonds is 3. The predicted octanol–water partition coefficient (Wildman–Crippen LogP) is 1.49. The van der Waals surface area contributed by atoms with E-state index in [4.69, 9.17) is 16.7 Å². The summed E-state index contributed by atoms with van der Waals surface area (Å²) in [5.74, 6) is 0.752. The molecular weight excluding hydrogens is 226 g/mol. The van der Waals surface area contributed by atoms with Crippen LogP contribution in [0, 0.1) is 5.92 Å². The molecule has 2 rings (SSSR count). The van der Waals surface area contributed by atoms with Crippen molar-refractivity contribution in [3.05, 3.63) is 35.4 Å². The molecule has 1 aliphatic heterocycles. The summed E-state index contributed by atoms with van der Waals surface area (Å²) in [5, 5.41) is 8.87. The van der Waals surface area contributed by atoms with Crippen LogP contribution in [-0.2, 0) is 5.88 Å². The zero-order chi connectivity index (χ0) is 11.5. The Balaban J connectivity index is 1.99. The van der Waals surface area contributed by atoms with Gasteiger partial charge in [-0.1, -0.05) is 12.1 Å². The Morgan fingerprint density at radius 3 is 2.50 bits per heavy atom. The number of likely N-dealkylation sites (tertiary alicyclic amines) is 1. The van der Waals surface area contributed by atoms with Gasteiger partial charge in [-0.05, 0) is 17.7 Å². The Labute approximate surface area is 99.6 Å². The first-order valence-electron chi connectivity index (χ1n) is 5.29. The normalized spacial score (nSPS) is 16.0. The summed E-state index contributed by atoms with van der Waals surface area (Å²) in [5.41, 5.74) is 1.69. The number of nitrogens with zero attached hydrogens (tertiary/aromatic N) is 1. The van der Waals surface area contributed by atoms with Crippen molar-refractivity contribution < 1.29 is 9.90 Å². The average molecular weight is 240 g/mol. The van der Waals surface area contributed by atoms with Crippen molar-refractivity contribution in [2.24, 2.45) is 5.92 Å². The van der Waals surface area contributed by atoms with Crippen LogP contribution in [0.15, 0.2) is 24.3 Å². The molecule has 4 heteroatoms. The van der Waals surface area contributed by atoms with Gasteiger partial charge in [0.2, 0.25) is 0 Å². The van der Waals surface area contributed by atoms with Gasteiger partial charge in [0.1, 0.15) is 0 Å². The molecule has 1 amide bonds. The van der Waals surface area contributed by atoms with Crippen molar-refractivity contribution in [3.63, 3.8) is 0 Å². The van der Waals surface area contributed by atoms with E-state index in [1.165, 1.54) is 0 Å². The van der Waals surface area contributed by atoms with E-state index < -0.39 is 0 Å². The third-order valence-electron chi connectivity index (χ3n) is 2.86. The van der Waals surface area contributed by atoms with Crippen LogP contribution < -0.4 is 0 Å². The molecule has 16 heavy (non-hydrogen) atoms. The van der Waals surface area contributed by atoms with E-state index in [9.17, 15) is 4.79 Å². The average Bonchev–Trinajstić information content (AvgIpc) is 2.27. The van der Waals surface area contributed by atoms with E-state index in [0.29, 0.717) is 24.5 Å². The van der Waals surface area contributed by atoms with Crippen LogP contribution >= 0.6 is 11.6 Å². The predicted molar refractivity (Wildman–Crippen MR) is 62.5 cm³/mol. The first-order chi connectivity index (χ1) is 7.74. The zero-order valence-electron chi connectivity index (χ0n) is 8.90. The summed E-state index contributed by atoms with van der Waals surface area (Å²) in [7, 11) is 0. The number of aliphatic hydroxyl groups is 1. The molecule has 86 valence electrons. The maximum absolute atomic E-state index is 11.9. The fourth-order valence-corrected chi connectivity index (χ4v) is 1.95. The highest BCUT2D eigenvalue weighted by molar-refractivity contribution is 6.17. The van der Waals surface area contributed by atoms with Gasteiger partial charge in [0.15, 0.2) is 0 Å². The summed E-state index contributed by atoms with van der Waals surface area (Å²) in [4.78, 5) is 13.6. The monoisotopic (exact) mass is 239 g/mol. The third kappa shape index (κ3) is 2.20. The number of alkyl halides is 1. The molecule has 0 saturated carbocycles. The molecule has 1 heterocycles. The zero-order valence-corrected chi connectivity index (χ0v) is 9.65. The standard InChI is InChI=1S/C12H14ClNO2/c13-5-9-1-3-11(4-2-9)12(16)14-6-10(7-14)8-15/h1-4,10,15H,5-8H2. The molecule has 0 radical (unpaired) electrons. The highest BCUT2D eigenvalue weighted by Gasteiger charge is 2.30. The fourth-order valence-electron chi connectivity index (χ4n) is 1.77. The largest absolute Gasteiger partial charge is 0.396 e. The van der Waals surface area contributed by atoms with E-state index in [1.807, 2.05) is 12.1 Å². The minimum Gasteiger partial charge on any atom is -0.396 e. The second kappa shape index (κ2) is 4.85. The van der Waals surface area contributed by atoms with Crippen molar-refractivity contribution in [1.29, 1.82) is 0 Å². The lowest BCUT2D eigenvalue weighted by atomic mass is 10.00. The van der Waals surface area contributed by atoms with E-state index in [2.05, 4.69) is 0 Å². The Morgan fingerprint density at radius 1 is 1.38 bits per heavy atom. The molecule has 1 aromatic carbocycles. The SMILES string of the molecule is O=C(c1ccc(CCl)cc1)N1CC(CO)C1. The second-order valence-corrected chi connectivity index (χ2v) is 4.36. The van der Waals surface area contributed by atoms with Crippen LogP contribution in [0.25, 0.3) is 0 Å². The molecule has 0 unspecified atom stereocenters. The highest BCUT2D eigenvalue weighted by Crippen LogP contribution is 2.18. The van der Waals surface area contributed by atoms with E-state index in [-0.39, 0.29) is 18.4 Å². The van der Waals surface area contributed by atoms with Gasteiger partial charge in [0.25, 0.3) is 5.91 Å². The Hall–Kier alpha value is -1.06. The molecule has 0 aliphatic carbocycles. The minimum absolute atomic E-state index is 0.0332. The van der Waals surface area contributed by atoms with Crippen molar-refractivity contribution in [2.45, 2.75) is 5.88 Å². The second-order valence-electron chi connectivity index (χ2n) is 4.09. The lowest BCUT2D eigenvalue weighted by Crippen LogP contribution is -2.51. The Kier molecular flexibility index (Phi) is 3.46. The smallest absolute Gasteiger partial charge is 0.253 e. The minimum atomic E-state index is 0.0332. The van der Waals surface area contributed by atoms with Gasteiger partial charge in [-0.15, -0.1) is 11.6 Å². The maximum atomic E-state index is 11.9. The fraction of sp³-hybridized carbons (Fsp3) is 0.417. The molecule has 0 aromatic heterocycles. The van der Waals surface area contributed by atoms with Crippen molar-refractivity contribution in [3.8, 4) is 0 Å². The number of hydrogen-bond donors (Lipinski definition) is 1. The van der Waals surface area contributed by atoms with E-state index >= 15 is 0 Å². The summed E-state index contributed by atoms with van der Waals surface area (Å²) >= 11 is 5.67. The van der Waals surface area contributed by atoms with Gasteiger partial charge in [-0.3, -0.25) is 4.79 Å². The lowest BCUT2D eigenvalue weighted by molar-refractivity contribution is 0.0362. The molecule has 3 nitrogen and oxygen atoms in total. The van der Waals surface area contributed by atoms with Gasteiger partial charge in [0, 0.05) is 37.1 Å². The molecule has 1 N–H and O–H groups in total. The van der Waals surface area contributed by atoms with Crippen molar-refractivity contribution in [1.82, 2.24) is 4.90 Å². The van der Waals surface area contributed by atoms with Gasteiger partial charge < -0.3 is 10.0 Å². The molecule has 1 saturated heterocycles. The van der Waals surface area contributed by atoms with Gasteiger partial charge in [-0.25, -0.2) is 0 Å². The summed E-state index contributed by atoms with van der Waals surface area (Å²) in [6.45, 7) is 1.48. The van der Waals surface area contributed by atoms with Crippen LogP contribution in [-0.4, -0.2) is 35.6 Å². The summed E-state index contributed by atoms with van der Waals surface area (Å²) in [6, 6.07) is 7.33. The van der Waals surface area contributed by atoms with E-state index in [1.54, 1.807) is 17.0 Å². The molecule has 1 fully saturated rings. The lowest BCUT2D eigenvalue weighted by Gasteiger charge is -2.38. The number of hydrogen-bond acceptors (Lipinski definition) is 2. The van der Waals surface area contributed by atoms with Crippen molar-refractivity contribution >= 4 is 17.5 Å². The molecular formula is C12H14ClNO2. The van der Waals surface area contributed by atoms with E-state index in [0.717, 1.165) is 5.56 Å². The van der Waals surface area contributed by atoms with Crippen LogP contribution in [0.5, 0.6) is 0 Å². The summed E-state index contributed by atoms with van der Waals surface area (Å²) < 4.78 is 0. The maximum Gasteiger partial charge on any atom is 0.253 e. The number of halogens is 1. The third-order valence-corrected chi connectivity index (χ3v) is 3.17. The van der Waals surface area contributed by atoms with Crippen LogP contribution in [0.3, 0.4) is 0 Å². The molecule has 0 bridgehead atoms. The number of carbonyl (C=O) groups excluding carboxylic acids is 1. The number of benzene rings is 1. The first-order valence-corrected chi connectivity index (χ1v) is 5.83. The first kappa shape index (κ1) is 11.4.